The van der Waals surface area contributed by atoms with E-state index in [0.717, 1.165) is 6.42 Å². The highest BCUT2D eigenvalue weighted by molar-refractivity contribution is 7.80. The number of rotatable bonds is 3. The van der Waals surface area contributed by atoms with Crippen molar-refractivity contribution in [1.82, 2.24) is 5.32 Å². The lowest BCUT2D eigenvalue weighted by Gasteiger charge is -2.24. The lowest BCUT2D eigenvalue weighted by atomic mass is 9.96. The van der Waals surface area contributed by atoms with Crippen molar-refractivity contribution in [2.75, 3.05) is 0 Å². The summed E-state index contributed by atoms with van der Waals surface area (Å²) in [6.07, 6.45) is 7.74. The number of thiocarbonyl (C=S) groups is 1. The Bertz CT molecular complexity index is 178. The van der Waals surface area contributed by atoms with Gasteiger partial charge in [0, 0.05) is 6.04 Å². The first kappa shape index (κ1) is 11.8. The van der Waals surface area contributed by atoms with Gasteiger partial charge in [0.2, 0.25) is 0 Å². The molecule has 3 heteroatoms. The Kier molecular flexibility index (Phi) is 5.23. The second kappa shape index (κ2) is 6.23. The molecule has 14 heavy (non-hydrogen) atoms. The Hall–Kier alpha value is -0.310. The SMILES string of the molecule is CC[C@@H](C)OC(=S)NC1CCCCC1. The van der Waals surface area contributed by atoms with Gasteiger partial charge in [0.15, 0.2) is 0 Å². The first-order valence-electron chi connectivity index (χ1n) is 5.69. The summed E-state index contributed by atoms with van der Waals surface area (Å²) in [5, 5.41) is 3.88. The number of nitrogens with one attached hydrogen (secondary N) is 1. The standard InChI is InChI=1S/C11H21NOS/c1-3-9(2)13-11(14)12-10-7-5-4-6-8-10/h9-10H,3-8H2,1-2H3,(H,12,14)/t9-/m1/s1. The first-order chi connectivity index (χ1) is 6.72. The minimum atomic E-state index is 0.235. The third-order valence-corrected chi connectivity index (χ3v) is 3.02. The van der Waals surface area contributed by atoms with Gasteiger partial charge in [-0.25, -0.2) is 0 Å². The molecule has 2 nitrogen and oxygen atoms in total. The number of hydrogen-bond donors (Lipinski definition) is 1. The summed E-state index contributed by atoms with van der Waals surface area (Å²) in [5.41, 5.74) is 0. The number of ether oxygens (including phenoxy) is 1. The topological polar surface area (TPSA) is 21.3 Å². The Morgan fingerprint density at radius 1 is 1.43 bits per heavy atom. The average Bonchev–Trinajstić information content (AvgIpc) is 2.19. The fourth-order valence-electron chi connectivity index (χ4n) is 1.71. The summed E-state index contributed by atoms with van der Waals surface area (Å²) < 4.78 is 5.52. The Balaban J connectivity index is 2.18. The summed E-state index contributed by atoms with van der Waals surface area (Å²) >= 11 is 5.14. The molecule has 1 atom stereocenters. The van der Waals surface area contributed by atoms with Crippen LogP contribution in [-0.4, -0.2) is 17.3 Å². The fourth-order valence-corrected chi connectivity index (χ4v) is 2.04. The van der Waals surface area contributed by atoms with E-state index in [1.165, 1.54) is 32.1 Å². The summed E-state index contributed by atoms with van der Waals surface area (Å²) in [5.74, 6) is 0. The van der Waals surface area contributed by atoms with Crippen LogP contribution >= 0.6 is 12.2 Å². The van der Waals surface area contributed by atoms with E-state index in [2.05, 4.69) is 19.2 Å². The molecule has 82 valence electrons. The van der Waals surface area contributed by atoms with Crippen LogP contribution in [0.5, 0.6) is 0 Å². The molecule has 0 amide bonds. The predicted molar refractivity (Wildman–Crippen MR) is 63.4 cm³/mol. The quantitative estimate of drug-likeness (QED) is 0.731. The largest absolute Gasteiger partial charge is 0.468 e. The van der Waals surface area contributed by atoms with Crippen molar-refractivity contribution in [1.29, 1.82) is 0 Å². The predicted octanol–water partition coefficient (Wildman–Crippen LogP) is 3.01. The molecule has 1 saturated carbocycles. The molecule has 0 aromatic heterocycles. The lowest BCUT2D eigenvalue weighted by Crippen LogP contribution is -2.37. The highest BCUT2D eigenvalue weighted by Crippen LogP contribution is 2.17. The van der Waals surface area contributed by atoms with Crippen LogP contribution in [0, 0.1) is 0 Å². The summed E-state index contributed by atoms with van der Waals surface area (Å²) in [4.78, 5) is 0. The van der Waals surface area contributed by atoms with E-state index >= 15 is 0 Å². The lowest BCUT2D eigenvalue weighted by molar-refractivity contribution is 0.195. The molecule has 0 saturated heterocycles. The van der Waals surface area contributed by atoms with Crippen molar-refractivity contribution < 1.29 is 4.74 Å². The molecule has 1 fully saturated rings. The smallest absolute Gasteiger partial charge is 0.257 e. The van der Waals surface area contributed by atoms with E-state index in [1.807, 2.05) is 0 Å². The van der Waals surface area contributed by atoms with Crippen LogP contribution in [0.4, 0.5) is 0 Å². The highest BCUT2D eigenvalue weighted by Gasteiger charge is 2.15. The average molecular weight is 215 g/mol. The Morgan fingerprint density at radius 2 is 2.07 bits per heavy atom. The van der Waals surface area contributed by atoms with Gasteiger partial charge < -0.3 is 10.1 Å². The van der Waals surface area contributed by atoms with E-state index in [4.69, 9.17) is 17.0 Å². The van der Waals surface area contributed by atoms with Crippen LogP contribution in [0.15, 0.2) is 0 Å². The zero-order chi connectivity index (χ0) is 10.4. The van der Waals surface area contributed by atoms with Gasteiger partial charge in [-0.1, -0.05) is 26.2 Å². The molecule has 1 N–H and O–H groups in total. The molecule has 0 aromatic rings. The van der Waals surface area contributed by atoms with E-state index < -0.39 is 0 Å². The van der Waals surface area contributed by atoms with Crippen molar-refractivity contribution in [3.8, 4) is 0 Å². The van der Waals surface area contributed by atoms with Gasteiger partial charge >= 0.3 is 0 Å². The van der Waals surface area contributed by atoms with Crippen LogP contribution in [0.3, 0.4) is 0 Å². The molecule has 1 aliphatic rings. The van der Waals surface area contributed by atoms with Gasteiger partial charge in [-0.05, 0) is 38.4 Å². The molecule has 1 aliphatic carbocycles. The third kappa shape index (κ3) is 4.27. The van der Waals surface area contributed by atoms with Gasteiger partial charge in [0.25, 0.3) is 5.17 Å². The Labute approximate surface area is 92.4 Å². The number of hydrogen-bond acceptors (Lipinski definition) is 2. The molecule has 0 aliphatic heterocycles. The van der Waals surface area contributed by atoms with Crippen molar-refractivity contribution in [3.05, 3.63) is 0 Å². The monoisotopic (exact) mass is 215 g/mol. The minimum absolute atomic E-state index is 0.235. The zero-order valence-corrected chi connectivity index (χ0v) is 10.0. The Morgan fingerprint density at radius 3 is 2.64 bits per heavy atom. The van der Waals surface area contributed by atoms with Gasteiger partial charge in [-0.15, -0.1) is 0 Å². The minimum Gasteiger partial charge on any atom is -0.468 e. The van der Waals surface area contributed by atoms with Gasteiger partial charge in [-0.2, -0.15) is 0 Å². The van der Waals surface area contributed by atoms with Gasteiger partial charge in [0.05, 0.1) is 6.10 Å². The third-order valence-electron chi connectivity index (χ3n) is 2.81. The molecule has 0 aromatic carbocycles. The van der Waals surface area contributed by atoms with E-state index in [9.17, 15) is 0 Å². The van der Waals surface area contributed by atoms with Crippen LogP contribution in [0.25, 0.3) is 0 Å². The van der Waals surface area contributed by atoms with Crippen molar-refractivity contribution >= 4 is 17.4 Å². The van der Waals surface area contributed by atoms with Gasteiger partial charge in [0.1, 0.15) is 0 Å². The molecule has 0 unspecified atom stereocenters. The molecular weight excluding hydrogens is 194 g/mol. The fraction of sp³-hybridized carbons (Fsp3) is 0.909. The maximum Gasteiger partial charge on any atom is 0.257 e. The van der Waals surface area contributed by atoms with E-state index in [-0.39, 0.29) is 6.10 Å². The molecule has 0 spiro atoms. The summed E-state index contributed by atoms with van der Waals surface area (Å²) in [7, 11) is 0. The summed E-state index contributed by atoms with van der Waals surface area (Å²) in [6.45, 7) is 4.16. The van der Waals surface area contributed by atoms with Crippen LogP contribution < -0.4 is 5.32 Å². The molecular formula is C11H21NOS. The molecule has 0 radical (unpaired) electrons. The van der Waals surface area contributed by atoms with Gasteiger partial charge in [-0.3, -0.25) is 0 Å². The van der Waals surface area contributed by atoms with Crippen LogP contribution in [-0.2, 0) is 4.74 Å². The molecule has 0 bridgehead atoms. The van der Waals surface area contributed by atoms with E-state index in [1.54, 1.807) is 0 Å². The maximum atomic E-state index is 5.52. The highest BCUT2D eigenvalue weighted by atomic mass is 32.1. The van der Waals surface area contributed by atoms with Crippen molar-refractivity contribution in [3.63, 3.8) is 0 Å². The molecule has 0 heterocycles. The van der Waals surface area contributed by atoms with Crippen molar-refractivity contribution in [2.45, 2.75) is 64.5 Å². The second-order valence-electron chi connectivity index (χ2n) is 4.10. The summed E-state index contributed by atoms with van der Waals surface area (Å²) in [6, 6.07) is 0.556. The first-order valence-corrected chi connectivity index (χ1v) is 6.10. The zero-order valence-electron chi connectivity index (χ0n) is 9.21. The van der Waals surface area contributed by atoms with E-state index in [0.29, 0.717) is 11.2 Å². The normalized spacial score (nSPS) is 20.1. The van der Waals surface area contributed by atoms with Crippen LogP contribution in [0.2, 0.25) is 0 Å². The maximum absolute atomic E-state index is 5.52. The second-order valence-corrected chi connectivity index (χ2v) is 4.47. The van der Waals surface area contributed by atoms with Crippen LogP contribution in [0.1, 0.15) is 52.4 Å². The van der Waals surface area contributed by atoms with Crippen molar-refractivity contribution in [2.24, 2.45) is 0 Å². The molecule has 1 rings (SSSR count).